The van der Waals surface area contributed by atoms with Crippen LogP contribution in [0.1, 0.15) is 22.3 Å². The van der Waals surface area contributed by atoms with Crippen molar-refractivity contribution in [1.29, 1.82) is 0 Å². The first kappa shape index (κ1) is 29.1. The number of nitrogens with zero attached hydrogens (tertiary/aromatic N) is 8. The molecule has 0 heterocycles. The Kier molecular flexibility index (Phi) is 8.36. The Labute approximate surface area is 238 Å². The number of non-ortho nitro benzene ring substituents is 1. The Morgan fingerprint density at radius 3 is 1.64 bits per heavy atom. The molecule has 0 aromatic heterocycles. The van der Waals surface area contributed by atoms with Crippen molar-refractivity contribution in [3.63, 3.8) is 0 Å². The molecule has 0 atom stereocenters. The molecule has 0 unspecified atom stereocenters. The van der Waals surface area contributed by atoms with Gasteiger partial charge in [0.1, 0.15) is 17.1 Å². The average molecular weight is 569 g/mol. The zero-order valence-electron chi connectivity index (χ0n) is 22.9. The maximum Gasteiger partial charge on any atom is 0.319 e. The molecular formula is C28H24N8O6. The van der Waals surface area contributed by atoms with Crippen LogP contribution in [0.2, 0.25) is 0 Å². The Hall–Kier alpha value is -5.92. The minimum absolute atomic E-state index is 0.108. The maximum absolute atomic E-state index is 11.2. The van der Waals surface area contributed by atoms with Gasteiger partial charge < -0.3 is 10.2 Å². The minimum Gasteiger partial charge on any atom is -0.506 e. The summed E-state index contributed by atoms with van der Waals surface area (Å²) in [5.41, 5.74) is 3.42. The fourth-order valence-electron chi connectivity index (χ4n) is 3.71. The van der Waals surface area contributed by atoms with Gasteiger partial charge >= 0.3 is 5.69 Å². The normalized spacial score (nSPS) is 11.6. The van der Waals surface area contributed by atoms with Gasteiger partial charge in [-0.1, -0.05) is 17.7 Å². The summed E-state index contributed by atoms with van der Waals surface area (Å²) in [6.45, 7) is 7.41. The summed E-state index contributed by atoms with van der Waals surface area (Å²) in [4.78, 5) is 20.5. The first-order valence-corrected chi connectivity index (χ1v) is 12.4. The number of phenols is 2. The first-order valence-electron chi connectivity index (χ1n) is 12.4. The molecule has 2 N–H and O–H groups in total. The molecule has 4 aromatic rings. The number of benzene rings is 4. The van der Waals surface area contributed by atoms with Gasteiger partial charge in [-0.05, 0) is 80.8 Å². The summed E-state index contributed by atoms with van der Waals surface area (Å²) in [6.07, 6.45) is 0. The highest BCUT2D eigenvalue weighted by Crippen LogP contribution is 2.42. The lowest BCUT2D eigenvalue weighted by molar-refractivity contribution is -0.394. The zero-order chi connectivity index (χ0) is 30.6. The lowest BCUT2D eigenvalue weighted by atomic mass is 10.1. The molecule has 14 nitrogen and oxygen atoms in total. The molecule has 212 valence electrons. The van der Waals surface area contributed by atoms with Gasteiger partial charge in [0.25, 0.3) is 5.69 Å². The smallest absolute Gasteiger partial charge is 0.319 e. The second-order valence-corrected chi connectivity index (χ2v) is 9.33. The van der Waals surface area contributed by atoms with Crippen LogP contribution < -0.4 is 0 Å². The molecule has 0 spiro atoms. The van der Waals surface area contributed by atoms with Crippen LogP contribution in [0, 0.1) is 47.9 Å². The standard InChI is InChI=1S/C28H24N8O6/c1-15-5-7-19(8-6-15)29-30-21-9-17(3)22(10-16(21)2)31-32-23-14-24(27(37)11-18(23)4)33-34-25-12-20(35(39)40)13-26(28(25)38)36(41)42/h5-14,37-38H,1-4H3. The van der Waals surface area contributed by atoms with E-state index < -0.39 is 32.7 Å². The van der Waals surface area contributed by atoms with Crippen molar-refractivity contribution in [2.24, 2.45) is 30.7 Å². The third kappa shape index (κ3) is 6.62. The number of azo groups is 3. The van der Waals surface area contributed by atoms with E-state index in [1.165, 1.54) is 12.1 Å². The van der Waals surface area contributed by atoms with Crippen molar-refractivity contribution in [1.82, 2.24) is 0 Å². The minimum atomic E-state index is -0.980. The summed E-state index contributed by atoms with van der Waals surface area (Å²) in [7, 11) is 0. The topological polar surface area (TPSA) is 201 Å². The fraction of sp³-hybridized carbons (Fsp3) is 0.143. The highest BCUT2D eigenvalue weighted by atomic mass is 16.6. The van der Waals surface area contributed by atoms with Crippen LogP contribution in [0.5, 0.6) is 11.5 Å². The Morgan fingerprint density at radius 1 is 0.571 bits per heavy atom. The number of nitro benzene ring substituents is 2. The van der Waals surface area contributed by atoms with Gasteiger partial charge in [-0.25, -0.2) is 0 Å². The van der Waals surface area contributed by atoms with Crippen molar-refractivity contribution >= 4 is 45.5 Å². The van der Waals surface area contributed by atoms with E-state index in [9.17, 15) is 30.4 Å². The van der Waals surface area contributed by atoms with Crippen LogP contribution in [0.3, 0.4) is 0 Å². The molecule has 0 saturated heterocycles. The zero-order valence-corrected chi connectivity index (χ0v) is 22.9. The van der Waals surface area contributed by atoms with Crippen LogP contribution in [0.15, 0.2) is 91.3 Å². The van der Waals surface area contributed by atoms with Crippen LogP contribution in [0.4, 0.5) is 45.5 Å². The van der Waals surface area contributed by atoms with Gasteiger partial charge in [0.2, 0.25) is 5.75 Å². The van der Waals surface area contributed by atoms with Gasteiger partial charge in [-0.3, -0.25) is 20.2 Å². The SMILES string of the molecule is Cc1ccc(N=Nc2cc(C)c(N=Nc3cc(N=Nc4cc([N+](=O)[O-])cc([N+](=O)[O-])c4O)c(O)cc3C)cc2C)cc1. The molecule has 0 amide bonds. The van der Waals surface area contributed by atoms with E-state index in [1.54, 1.807) is 6.92 Å². The molecule has 0 aliphatic rings. The molecule has 42 heavy (non-hydrogen) atoms. The summed E-state index contributed by atoms with van der Waals surface area (Å²) < 4.78 is 0. The van der Waals surface area contributed by atoms with E-state index in [0.29, 0.717) is 28.7 Å². The molecule has 0 fully saturated rings. The third-order valence-electron chi connectivity index (χ3n) is 6.11. The van der Waals surface area contributed by atoms with E-state index in [4.69, 9.17) is 0 Å². The highest BCUT2D eigenvalue weighted by Gasteiger charge is 2.24. The van der Waals surface area contributed by atoms with Gasteiger partial charge in [0.05, 0.1) is 38.7 Å². The monoisotopic (exact) mass is 568 g/mol. The Bertz CT molecular complexity index is 1800. The summed E-state index contributed by atoms with van der Waals surface area (Å²) in [5, 5.41) is 67.7. The number of aryl methyl sites for hydroxylation is 4. The molecule has 4 rings (SSSR count). The van der Waals surface area contributed by atoms with Crippen LogP contribution >= 0.6 is 0 Å². The van der Waals surface area contributed by atoms with Gasteiger partial charge in [-0.15, -0.1) is 10.2 Å². The second kappa shape index (κ2) is 12.1. The molecule has 0 aliphatic carbocycles. The average Bonchev–Trinajstić information content (AvgIpc) is 2.93. The van der Waals surface area contributed by atoms with Crippen molar-refractivity contribution in [3.8, 4) is 11.5 Å². The first-order chi connectivity index (χ1) is 19.9. The second-order valence-electron chi connectivity index (χ2n) is 9.33. The van der Waals surface area contributed by atoms with Gasteiger partial charge in [0, 0.05) is 6.07 Å². The Morgan fingerprint density at radius 2 is 1.07 bits per heavy atom. The van der Waals surface area contributed by atoms with Crippen molar-refractivity contribution in [3.05, 3.63) is 103 Å². The molecule has 0 bridgehead atoms. The van der Waals surface area contributed by atoms with E-state index in [0.717, 1.165) is 28.4 Å². The van der Waals surface area contributed by atoms with E-state index >= 15 is 0 Å². The predicted molar refractivity (Wildman–Crippen MR) is 154 cm³/mol. The van der Waals surface area contributed by atoms with E-state index in [2.05, 4.69) is 30.7 Å². The molecule has 0 radical (unpaired) electrons. The number of hydrogen-bond acceptors (Lipinski definition) is 12. The van der Waals surface area contributed by atoms with Crippen LogP contribution in [-0.2, 0) is 0 Å². The molecule has 4 aromatic carbocycles. The lowest BCUT2D eigenvalue weighted by Crippen LogP contribution is -1.93. The van der Waals surface area contributed by atoms with Crippen molar-refractivity contribution < 1.29 is 20.1 Å². The summed E-state index contributed by atoms with van der Waals surface area (Å²) in [6, 6.07) is 15.5. The number of hydrogen-bond donors (Lipinski definition) is 2. The van der Waals surface area contributed by atoms with Crippen LogP contribution in [0.25, 0.3) is 0 Å². The molecule has 0 saturated carbocycles. The summed E-state index contributed by atoms with van der Waals surface area (Å²) in [5.74, 6) is -1.21. The molecule has 14 heteroatoms. The van der Waals surface area contributed by atoms with E-state index in [1.807, 2.05) is 57.2 Å². The Balaban J connectivity index is 1.62. The maximum atomic E-state index is 11.2. The molecule has 0 aliphatic heterocycles. The predicted octanol–water partition coefficient (Wildman–Crippen LogP) is 9.39. The van der Waals surface area contributed by atoms with Crippen molar-refractivity contribution in [2.75, 3.05) is 0 Å². The fourth-order valence-corrected chi connectivity index (χ4v) is 3.71. The lowest BCUT2D eigenvalue weighted by Gasteiger charge is -2.06. The number of aromatic hydroxyl groups is 2. The largest absolute Gasteiger partial charge is 0.506 e. The number of phenolic OH excluding ortho intramolecular Hbond substituents is 2. The number of nitro groups is 2. The van der Waals surface area contributed by atoms with Crippen molar-refractivity contribution in [2.45, 2.75) is 27.7 Å². The van der Waals surface area contributed by atoms with Crippen LogP contribution in [-0.4, -0.2) is 20.1 Å². The molecular weight excluding hydrogens is 544 g/mol. The third-order valence-corrected chi connectivity index (χ3v) is 6.11. The highest BCUT2D eigenvalue weighted by molar-refractivity contribution is 5.68. The summed E-state index contributed by atoms with van der Waals surface area (Å²) >= 11 is 0. The number of rotatable bonds is 8. The quantitative estimate of drug-likeness (QED) is 0.120. The van der Waals surface area contributed by atoms with Gasteiger partial charge in [0.15, 0.2) is 0 Å². The van der Waals surface area contributed by atoms with E-state index in [-0.39, 0.29) is 11.4 Å². The van der Waals surface area contributed by atoms with Gasteiger partial charge in [-0.2, -0.15) is 20.5 Å².